The molecule has 1 aromatic carbocycles. The van der Waals surface area contributed by atoms with Crippen LogP contribution in [0, 0.1) is 5.92 Å². The number of ether oxygens (including phenoxy) is 1. The molecule has 0 saturated heterocycles. The molecule has 1 aliphatic carbocycles. The van der Waals surface area contributed by atoms with Crippen molar-refractivity contribution in [2.24, 2.45) is 5.92 Å². The third-order valence-corrected chi connectivity index (χ3v) is 4.59. The van der Waals surface area contributed by atoms with Crippen molar-refractivity contribution in [2.75, 3.05) is 16.0 Å². The van der Waals surface area contributed by atoms with Gasteiger partial charge in [-0.25, -0.2) is 14.8 Å². The van der Waals surface area contributed by atoms with Gasteiger partial charge in [-0.3, -0.25) is 10.1 Å². The highest BCUT2D eigenvalue weighted by Gasteiger charge is 2.31. The quantitative estimate of drug-likeness (QED) is 0.467. The lowest BCUT2D eigenvalue weighted by atomic mass is 10.2. The van der Waals surface area contributed by atoms with E-state index in [2.05, 4.69) is 25.9 Å². The molecule has 0 atom stereocenters. The Morgan fingerprint density at radius 1 is 0.909 bits per heavy atom. The van der Waals surface area contributed by atoms with Crippen molar-refractivity contribution in [1.29, 1.82) is 0 Å². The number of aromatic nitrogens is 2. The van der Waals surface area contributed by atoms with Gasteiger partial charge < -0.3 is 15.4 Å². The number of benzene rings is 1. The number of hydrogen-bond donors (Lipinski definition) is 3. The zero-order valence-electron chi connectivity index (χ0n) is 17.0. The Labute approximate surface area is 186 Å². The standard InChI is InChI=1S/C22H18F3N5O3/c23-22(24,25)14-2-1-3-15(10-14)28-21(32)30-18-7-6-17(12-27-18)33-16-8-9-26-19(11-16)29-20(31)13-4-5-13/h1-3,6-13H,4-5H2,(H,26,29,31)(H2,27,28,30,32). The van der Waals surface area contributed by atoms with Crippen LogP contribution in [0.5, 0.6) is 11.5 Å². The highest BCUT2D eigenvalue weighted by atomic mass is 19.4. The Bertz CT molecular complexity index is 1160. The van der Waals surface area contributed by atoms with E-state index >= 15 is 0 Å². The van der Waals surface area contributed by atoms with Gasteiger partial charge >= 0.3 is 12.2 Å². The Kier molecular flexibility index (Phi) is 6.11. The SMILES string of the molecule is O=C(Nc1cccc(C(F)(F)F)c1)Nc1ccc(Oc2ccnc(NC(=O)C3CC3)c2)cn1. The zero-order chi connectivity index (χ0) is 23.4. The van der Waals surface area contributed by atoms with Crippen molar-refractivity contribution in [1.82, 2.24) is 9.97 Å². The highest BCUT2D eigenvalue weighted by molar-refractivity contribution is 5.99. The number of carbonyl (C=O) groups excluding carboxylic acids is 2. The molecule has 1 saturated carbocycles. The van der Waals surface area contributed by atoms with Gasteiger partial charge in [-0.15, -0.1) is 0 Å². The maximum Gasteiger partial charge on any atom is 0.416 e. The fraction of sp³-hybridized carbons (Fsp3) is 0.182. The van der Waals surface area contributed by atoms with Gasteiger partial charge in [-0.1, -0.05) is 6.07 Å². The van der Waals surface area contributed by atoms with Crippen molar-refractivity contribution < 1.29 is 27.5 Å². The first-order chi connectivity index (χ1) is 15.8. The molecule has 0 spiro atoms. The Morgan fingerprint density at radius 3 is 2.42 bits per heavy atom. The molecule has 0 aliphatic heterocycles. The first kappa shape index (κ1) is 22.1. The summed E-state index contributed by atoms with van der Waals surface area (Å²) in [5.41, 5.74) is -0.879. The van der Waals surface area contributed by atoms with Gasteiger partial charge in [0, 0.05) is 23.9 Å². The van der Waals surface area contributed by atoms with E-state index in [0.29, 0.717) is 17.3 Å². The molecular formula is C22H18F3N5O3. The second-order valence-electron chi connectivity index (χ2n) is 7.28. The van der Waals surface area contributed by atoms with Crippen molar-refractivity contribution in [3.05, 3.63) is 66.5 Å². The number of anilines is 3. The number of rotatable bonds is 6. The van der Waals surface area contributed by atoms with Gasteiger partial charge in [-0.05, 0) is 49.2 Å². The van der Waals surface area contributed by atoms with Gasteiger partial charge in [0.15, 0.2) is 0 Å². The number of carbonyl (C=O) groups is 2. The van der Waals surface area contributed by atoms with Gasteiger partial charge in [0.25, 0.3) is 0 Å². The molecule has 0 unspecified atom stereocenters. The summed E-state index contributed by atoms with van der Waals surface area (Å²) in [5, 5.41) is 7.49. The summed E-state index contributed by atoms with van der Waals surface area (Å²) >= 11 is 0. The van der Waals surface area contributed by atoms with Crippen LogP contribution in [0.25, 0.3) is 0 Å². The smallest absolute Gasteiger partial charge is 0.416 e. The third-order valence-electron chi connectivity index (χ3n) is 4.59. The van der Waals surface area contributed by atoms with E-state index in [0.717, 1.165) is 25.0 Å². The van der Waals surface area contributed by atoms with Crippen LogP contribution < -0.4 is 20.7 Å². The molecule has 170 valence electrons. The molecule has 1 fully saturated rings. The topological polar surface area (TPSA) is 105 Å². The van der Waals surface area contributed by atoms with Crippen LogP contribution in [-0.2, 0) is 11.0 Å². The van der Waals surface area contributed by atoms with Crippen LogP contribution in [0.15, 0.2) is 60.9 Å². The van der Waals surface area contributed by atoms with Crippen molar-refractivity contribution in [3.8, 4) is 11.5 Å². The minimum Gasteiger partial charge on any atom is -0.456 e. The number of nitrogens with zero attached hydrogens (tertiary/aromatic N) is 2. The van der Waals surface area contributed by atoms with Crippen LogP contribution in [-0.4, -0.2) is 21.9 Å². The van der Waals surface area contributed by atoms with Crippen LogP contribution in [0.2, 0.25) is 0 Å². The van der Waals surface area contributed by atoms with E-state index in [9.17, 15) is 22.8 Å². The monoisotopic (exact) mass is 457 g/mol. The first-order valence-corrected chi connectivity index (χ1v) is 9.92. The fourth-order valence-electron chi connectivity index (χ4n) is 2.82. The first-order valence-electron chi connectivity index (χ1n) is 9.92. The summed E-state index contributed by atoms with van der Waals surface area (Å²) in [5.74, 6) is 1.32. The summed E-state index contributed by atoms with van der Waals surface area (Å²) in [6.07, 6.45) is 0.115. The lowest BCUT2D eigenvalue weighted by Gasteiger charge is -2.11. The lowest BCUT2D eigenvalue weighted by Crippen LogP contribution is -2.20. The molecular weight excluding hydrogens is 439 g/mol. The minimum absolute atomic E-state index is 0.00968. The fourth-order valence-corrected chi connectivity index (χ4v) is 2.82. The number of nitrogens with one attached hydrogen (secondary N) is 3. The van der Waals surface area contributed by atoms with Crippen molar-refractivity contribution in [3.63, 3.8) is 0 Å². The molecule has 8 nitrogen and oxygen atoms in total. The van der Waals surface area contributed by atoms with Gasteiger partial charge in [-0.2, -0.15) is 13.2 Å². The van der Waals surface area contributed by atoms with Crippen LogP contribution in [0.1, 0.15) is 18.4 Å². The zero-order valence-corrected chi connectivity index (χ0v) is 17.0. The van der Waals surface area contributed by atoms with Gasteiger partial charge in [0.05, 0.1) is 11.8 Å². The molecule has 1 aliphatic rings. The maximum atomic E-state index is 12.8. The Hall–Kier alpha value is -4.15. The summed E-state index contributed by atoms with van der Waals surface area (Å²) in [6.45, 7) is 0. The van der Waals surface area contributed by atoms with E-state index < -0.39 is 17.8 Å². The predicted molar refractivity (Wildman–Crippen MR) is 114 cm³/mol. The molecule has 3 aromatic rings. The number of urea groups is 1. The maximum absolute atomic E-state index is 12.8. The predicted octanol–water partition coefficient (Wildman–Crippen LogP) is 5.28. The summed E-state index contributed by atoms with van der Waals surface area (Å²) in [7, 11) is 0. The number of halogens is 3. The van der Waals surface area contributed by atoms with Gasteiger partial charge in [0.2, 0.25) is 5.91 Å². The largest absolute Gasteiger partial charge is 0.456 e. The van der Waals surface area contributed by atoms with Crippen LogP contribution in [0.4, 0.5) is 35.3 Å². The molecule has 0 bridgehead atoms. The Balaban J connectivity index is 1.33. The second kappa shape index (κ2) is 9.15. The van der Waals surface area contributed by atoms with E-state index in [1.54, 1.807) is 18.2 Å². The number of pyridine rings is 2. The molecule has 33 heavy (non-hydrogen) atoms. The average Bonchev–Trinajstić information content (AvgIpc) is 3.61. The molecule has 3 amide bonds. The lowest BCUT2D eigenvalue weighted by molar-refractivity contribution is -0.137. The summed E-state index contributed by atoms with van der Waals surface area (Å²) in [6, 6.07) is 9.75. The summed E-state index contributed by atoms with van der Waals surface area (Å²) in [4.78, 5) is 32.1. The van der Waals surface area contributed by atoms with Crippen molar-refractivity contribution >= 4 is 29.3 Å². The number of amides is 3. The van der Waals surface area contributed by atoms with Crippen LogP contribution >= 0.6 is 0 Å². The van der Waals surface area contributed by atoms with Crippen LogP contribution in [0.3, 0.4) is 0 Å². The average molecular weight is 457 g/mol. The Morgan fingerprint density at radius 2 is 1.73 bits per heavy atom. The normalized spacial score (nSPS) is 13.2. The molecule has 4 rings (SSSR count). The van der Waals surface area contributed by atoms with E-state index in [4.69, 9.17) is 4.74 Å². The van der Waals surface area contributed by atoms with E-state index in [-0.39, 0.29) is 23.3 Å². The molecule has 3 N–H and O–H groups in total. The minimum atomic E-state index is -4.51. The highest BCUT2D eigenvalue weighted by Crippen LogP contribution is 2.31. The van der Waals surface area contributed by atoms with Gasteiger partial charge in [0.1, 0.15) is 23.1 Å². The number of hydrogen-bond acceptors (Lipinski definition) is 5. The molecule has 0 radical (unpaired) electrons. The second-order valence-corrected chi connectivity index (χ2v) is 7.28. The molecule has 2 aromatic heterocycles. The molecule has 11 heteroatoms. The third kappa shape index (κ3) is 6.19. The van der Waals surface area contributed by atoms with E-state index in [1.807, 2.05) is 0 Å². The summed E-state index contributed by atoms with van der Waals surface area (Å²) < 4.78 is 44.0. The molecule has 2 heterocycles. The number of alkyl halides is 3. The van der Waals surface area contributed by atoms with Crippen molar-refractivity contribution in [2.45, 2.75) is 19.0 Å². The van der Waals surface area contributed by atoms with E-state index in [1.165, 1.54) is 30.6 Å².